The molecule has 2 heterocycles. The predicted molar refractivity (Wildman–Crippen MR) is 122 cm³/mol. The molecular formula is C24H28N2O6S. The number of hydrogen-bond donors (Lipinski definition) is 1. The minimum absolute atomic E-state index is 0.00437. The van der Waals surface area contributed by atoms with E-state index in [-0.39, 0.29) is 13.0 Å². The van der Waals surface area contributed by atoms with Crippen LogP contribution in [-0.2, 0) is 40.6 Å². The van der Waals surface area contributed by atoms with Crippen LogP contribution in [0.4, 0.5) is 0 Å². The van der Waals surface area contributed by atoms with Crippen molar-refractivity contribution in [1.82, 2.24) is 10.3 Å². The fourth-order valence-corrected chi connectivity index (χ4v) is 5.33. The van der Waals surface area contributed by atoms with E-state index in [4.69, 9.17) is 14.2 Å². The van der Waals surface area contributed by atoms with Gasteiger partial charge < -0.3 is 19.5 Å². The summed E-state index contributed by atoms with van der Waals surface area (Å²) in [5, 5.41) is 5.64. The molecule has 9 heteroatoms. The number of methoxy groups -OCH3 is 2. The quantitative estimate of drug-likeness (QED) is 0.484. The molecule has 8 nitrogen and oxygen atoms in total. The van der Waals surface area contributed by atoms with E-state index in [1.54, 1.807) is 19.2 Å². The van der Waals surface area contributed by atoms with E-state index in [0.29, 0.717) is 22.0 Å². The zero-order chi connectivity index (χ0) is 24.2. The molecule has 0 saturated heterocycles. The number of hydrogen-bond acceptors (Lipinski definition) is 9. The van der Waals surface area contributed by atoms with E-state index >= 15 is 0 Å². The summed E-state index contributed by atoms with van der Waals surface area (Å²) >= 11 is 1.28. The van der Waals surface area contributed by atoms with Gasteiger partial charge in [0.05, 0.1) is 55.9 Å². The molecule has 0 fully saturated rings. The molecule has 0 aliphatic carbocycles. The number of carbonyl (C=O) groups is 3. The van der Waals surface area contributed by atoms with Crippen molar-refractivity contribution in [3.05, 3.63) is 63.2 Å². The normalized spacial score (nSPS) is 22.3. The number of benzene rings is 1. The Labute approximate surface area is 197 Å². The lowest BCUT2D eigenvalue weighted by atomic mass is 9.67. The minimum Gasteiger partial charge on any atom is -0.469 e. The van der Waals surface area contributed by atoms with Gasteiger partial charge in [0.1, 0.15) is 5.01 Å². The van der Waals surface area contributed by atoms with E-state index in [9.17, 15) is 14.4 Å². The van der Waals surface area contributed by atoms with E-state index in [1.165, 1.54) is 25.6 Å². The molecule has 2 aromatic rings. The number of ether oxygens (including phenoxy) is 3. The third-order valence-electron chi connectivity index (χ3n) is 5.82. The Morgan fingerprint density at radius 3 is 2.45 bits per heavy atom. The Morgan fingerprint density at radius 1 is 1.15 bits per heavy atom. The van der Waals surface area contributed by atoms with Gasteiger partial charge in [-0.15, -0.1) is 11.3 Å². The third kappa shape index (κ3) is 4.78. The minimum atomic E-state index is -0.895. The molecular weight excluding hydrogens is 444 g/mol. The highest BCUT2D eigenvalue weighted by Crippen LogP contribution is 2.49. The number of thiazole rings is 1. The second-order valence-corrected chi connectivity index (χ2v) is 8.75. The standard InChI is InChI=1S/C24H28N2O6S/c1-6-32-17(27)12-16-13-33-21(25-16)19-18(22(28)30-4)14(2)26-24(3,20(19)23(29)31-5)15-10-8-7-9-11-15/h7-11,13,19-20,26H,6,12H2,1-5H3. The van der Waals surface area contributed by atoms with Gasteiger partial charge in [0.2, 0.25) is 0 Å². The Hall–Kier alpha value is -3.20. The summed E-state index contributed by atoms with van der Waals surface area (Å²) in [6.07, 6.45) is 0.00437. The van der Waals surface area contributed by atoms with Crippen LogP contribution in [0.2, 0.25) is 0 Å². The highest BCUT2D eigenvalue weighted by Gasteiger charge is 2.53. The molecule has 0 spiro atoms. The highest BCUT2D eigenvalue weighted by molar-refractivity contribution is 7.09. The van der Waals surface area contributed by atoms with Crippen molar-refractivity contribution < 1.29 is 28.6 Å². The van der Waals surface area contributed by atoms with Gasteiger partial charge in [-0.05, 0) is 26.3 Å². The molecule has 33 heavy (non-hydrogen) atoms. The van der Waals surface area contributed by atoms with Crippen molar-refractivity contribution in [1.29, 1.82) is 0 Å². The van der Waals surface area contributed by atoms with Crippen molar-refractivity contribution >= 4 is 29.2 Å². The summed E-state index contributed by atoms with van der Waals surface area (Å²) in [5.41, 5.74) is 1.36. The Morgan fingerprint density at radius 2 is 1.85 bits per heavy atom. The SMILES string of the molecule is CCOC(=O)Cc1csc(C2C(C(=O)OC)=C(C)NC(C)(c3ccccc3)C2C(=O)OC)n1. The fraction of sp³-hybridized carbons (Fsp3) is 0.417. The number of aromatic nitrogens is 1. The predicted octanol–water partition coefficient (Wildman–Crippen LogP) is 3.09. The maximum absolute atomic E-state index is 13.2. The van der Waals surface area contributed by atoms with Crippen LogP contribution in [0.5, 0.6) is 0 Å². The zero-order valence-corrected chi connectivity index (χ0v) is 20.2. The number of allylic oxidation sites excluding steroid dienone is 1. The summed E-state index contributed by atoms with van der Waals surface area (Å²) in [5.74, 6) is -3.01. The van der Waals surface area contributed by atoms with Crippen LogP contribution in [0.15, 0.2) is 47.0 Å². The maximum Gasteiger partial charge on any atom is 0.336 e. The summed E-state index contributed by atoms with van der Waals surface area (Å²) < 4.78 is 15.3. The Balaban J connectivity index is 2.18. The van der Waals surface area contributed by atoms with Crippen LogP contribution in [-0.4, -0.2) is 43.7 Å². The Bertz CT molecular complexity index is 1060. The molecule has 1 aliphatic heterocycles. The van der Waals surface area contributed by atoms with Crippen LogP contribution >= 0.6 is 11.3 Å². The van der Waals surface area contributed by atoms with Crippen molar-refractivity contribution in [3.63, 3.8) is 0 Å². The van der Waals surface area contributed by atoms with Crippen molar-refractivity contribution in [3.8, 4) is 0 Å². The number of nitrogens with zero attached hydrogens (tertiary/aromatic N) is 1. The highest BCUT2D eigenvalue weighted by atomic mass is 32.1. The molecule has 3 rings (SSSR count). The lowest BCUT2D eigenvalue weighted by Crippen LogP contribution is -2.55. The third-order valence-corrected chi connectivity index (χ3v) is 6.79. The number of nitrogens with one attached hydrogen (secondary N) is 1. The molecule has 1 aliphatic rings. The molecule has 0 bridgehead atoms. The average Bonchev–Trinajstić information content (AvgIpc) is 3.26. The lowest BCUT2D eigenvalue weighted by molar-refractivity contribution is -0.150. The molecule has 176 valence electrons. The number of carbonyl (C=O) groups excluding carboxylic acids is 3. The first-order valence-electron chi connectivity index (χ1n) is 10.6. The molecule has 1 aromatic heterocycles. The molecule has 3 atom stereocenters. The number of esters is 3. The summed E-state index contributed by atoms with van der Waals surface area (Å²) in [7, 11) is 2.62. The van der Waals surface area contributed by atoms with Gasteiger partial charge in [0, 0.05) is 11.1 Å². The van der Waals surface area contributed by atoms with E-state index in [0.717, 1.165) is 5.56 Å². The second kappa shape index (κ2) is 10.2. The van der Waals surface area contributed by atoms with Gasteiger partial charge >= 0.3 is 17.9 Å². The van der Waals surface area contributed by atoms with Gasteiger partial charge in [-0.1, -0.05) is 30.3 Å². The van der Waals surface area contributed by atoms with Crippen molar-refractivity contribution in [2.75, 3.05) is 20.8 Å². The Kier molecular flexibility index (Phi) is 7.53. The molecule has 3 unspecified atom stereocenters. The van der Waals surface area contributed by atoms with Crippen LogP contribution in [0.3, 0.4) is 0 Å². The van der Waals surface area contributed by atoms with Gasteiger partial charge in [-0.2, -0.15) is 0 Å². The number of rotatable bonds is 7. The van der Waals surface area contributed by atoms with Gasteiger partial charge in [0.15, 0.2) is 0 Å². The smallest absolute Gasteiger partial charge is 0.336 e. The maximum atomic E-state index is 13.2. The largest absolute Gasteiger partial charge is 0.469 e. The van der Waals surface area contributed by atoms with Crippen LogP contribution in [0, 0.1) is 5.92 Å². The molecule has 1 aromatic carbocycles. The topological polar surface area (TPSA) is 104 Å². The van der Waals surface area contributed by atoms with Gasteiger partial charge in [0.25, 0.3) is 0 Å². The molecule has 1 N–H and O–H groups in total. The molecule has 0 radical (unpaired) electrons. The zero-order valence-electron chi connectivity index (χ0n) is 19.3. The summed E-state index contributed by atoms with van der Waals surface area (Å²) in [6.45, 7) is 5.70. The average molecular weight is 473 g/mol. The molecule has 0 saturated carbocycles. The summed E-state index contributed by atoms with van der Waals surface area (Å²) in [6, 6.07) is 9.52. The van der Waals surface area contributed by atoms with E-state index in [1.807, 2.05) is 37.3 Å². The van der Waals surface area contributed by atoms with E-state index in [2.05, 4.69) is 10.3 Å². The monoisotopic (exact) mass is 472 g/mol. The van der Waals surface area contributed by atoms with E-state index < -0.39 is 35.3 Å². The second-order valence-electron chi connectivity index (χ2n) is 7.86. The van der Waals surface area contributed by atoms with Crippen LogP contribution in [0.25, 0.3) is 0 Å². The van der Waals surface area contributed by atoms with Crippen LogP contribution < -0.4 is 5.32 Å². The molecule has 0 amide bonds. The first-order valence-corrected chi connectivity index (χ1v) is 11.4. The van der Waals surface area contributed by atoms with Crippen molar-refractivity contribution in [2.45, 2.75) is 38.6 Å². The fourth-order valence-electron chi connectivity index (χ4n) is 4.37. The van der Waals surface area contributed by atoms with Gasteiger partial charge in [-0.3, -0.25) is 9.59 Å². The van der Waals surface area contributed by atoms with Crippen LogP contribution in [0.1, 0.15) is 43.0 Å². The first kappa shape index (κ1) is 24.4. The van der Waals surface area contributed by atoms with Crippen molar-refractivity contribution in [2.24, 2.45) is 5.92 Å². The summed E-state index contributed by atoms with van der Waals surface area (Å²) in [4.78, 5) is 42.7. The lowest BCUT2D eigenvalue weighted by Gasteiger charge is -2.46. The first-order chi connectivity index (χ1) is 15.8. The van der Waals surface area contributed by atoms with Gasteiger partial charge in [-0.25, -0.2) is 9.78 Å².